The van der Waals surface area contributed by atoms with Crippen LogP contribution in [0.4, 0.5) is 5.69 Å². The van der Waals surface area contributed by atoms with Crippen LogP contribution in [0.2, 0.25) is 0 Å². The number of para-hydroxylation sites is 1. The normalized spacial score (nSPS) is 14.3. The number of aryl methyl sites for hydroxylation is 1. The number of benzene rings is 1. The van der Waals surface area contributed by atoms with Crippen molar-refractivity contribution < 1.29 is 14.3 Å². The van der Waals surface area contributed by atoms with Gasteiger partial charge in [0.05, 0.1) is 0 Å². The summed E-state index contributed by atoms with van der Waals surface area (Å²) in [4.78, 5) is 11.9. The standard InChI is InChI=1S/C13H15NO3/c1-2-10-5-3-4-6-11(10)14-13(15)12-9-16-7-8-17-12/h3-6,9H,2,7-8H2,1H3,(H,14,15). The molecule has 1 aromatic rings. The first-order valence-electron chi connectivity index (χ1n) is 5.65. The number of carbonyl (C=O) groups excluding carboxylic acids is 1. The summed E-state index contributed by atoms with van der Waals surface area (Å²) in [5.74, 6) is -0.0484. The van der Waals surface area contributed by atoms with Gasteiger partial charge in [0.1, 0.15) is 19.5 Å². The average Bonchev–Trinajstić information content (AvgIpc) is 2.40. The molecule has 2 rings (SSSR count). The van der Waals surface area contributed by atoms with E-state index in [1.54, 1.807) is 0 Å². The van der Waals surface area contributed by atoms with E-state index < -0.39 is 0 Å². The number of anilines is 1. The minimum absolute atomic E-state index is 0.224. The SMILES string of the molecule is CCc1ccccc1NC(=O)C1=COCCO1. The highest BCUT2D eigenvalue weighted by Crippen LogP contribution is 2.17. The first-order chi connectivity index (χ1) is 8.31. The molecule has 0 fully saturated rings. The molecular weight excluding hydrogens is 218 g/mol. The van der Waals surface area contributed by atoms with Crippen LogP contribution in [0.25, 0.3) is 0 Å². The molecule has 1 N–H and O–H groups in total. The zero-order chi connectivity index (χ0) is 12.1. The van der Waals surface area contributed by atoms with E-state index >= 15 is 0 Å². The van der Waals surface area contributed by atoms with Crippen molar-refractivity contribution in [2.75, 3.05) is 18.5 Å². The van der Waals surface area contributed by atoms with Gasteiger partial charge in [-0.3, -0.25) is 4.79 Å². The van der Waals surface area contributed by atoms with Crippen LogP contribution in [0.15, 0.2) is 36.3 Å². The van der Waals surface area contributed by atoms with Crippen molar-refractivity contribution >= 4 is 11.6 Å². The van der Waals surface area contributed by atoms with Crippen molar-refractivity contribution in [3.05, 3.63) is 41.9 Å². The lowest BCUT2D eigenvalue weighted by Crippen LogP contribution is -2.21. The Labute approximate surface area is 100 Å². The molecule has 0 aromatic heterocycles. The van der Waals surface area contributed by atoms with Crippen LogP contribution in [0, 0.1) is 0 Å². The van der Waals surface area contributed by atoms with Gasteiger partial charge in [0.25, 0.3) is 5.91 Å². The molecular formula is C13H15NO3. The molecule has 4 heteroatoms. The van der Waals surface area contributed by atoms with E-state index in [9.17, 15) is 4.79 Å². The molecule has 0 unspecified atom stereocenters. The summed E-state index contributed by atoms with van der Waals surface area (Å²) < 4.78 is 10.3. The van der Waals surface area contributed by atoms with E-state index in [4.69, 9.17) is 9.47 Å². The molecule has 1 heterocycles. The molecule has 1 aliphatic rings. The number of hydrogen-bond donors (Lipinski definition) is 1. The van der Waals surface area contributed by atoms with E-state index in [0.29, 0.717) is 13.2 Å². The molecule has 1 aromatic carbocycles. The minimum Gasteiger partial charge on any atom is -0.494 e. The first-order valence-corrected chi connectivity index (χ1v) is 5.65. The summed E-state index contributed by atoms with van der Waals surface area (Å²) in [7, 11) is 0. The fourth-order valence-corrected chi connectivity index (χ4v) is 1.62. The van der Waals surface area contributed by atoms with Gasteiger partial charge >= 0.3 is 0 Å². The number of hydrogen-bond acceptors (Lipinski definition) is 3. The van der Waals surface area contributed by atoms with Crippen molar-refractivity contribution in [3.8, 4) is 0 Å². The van der Waals surface area contributed by atoms with E-state index in [1.165, 1.54) is 6.26 Å². The Morgan fingerprint density at radius 1 is 1.35 bits per heavy atom. The van der Waals surface area contributed by atoms with E-state index in [0.717, 1.165) is 17.7 Å². The fourth-order valence-electron chi connectivity index (χ4n) is 1.62. The number of amides is 1. The van der Waals surface area contributed by atoms with Gasteiger partial charge in [0, 0.05) is 5.69 Å². The number of carbonyl (C=O) groups is 1. The quantitative estimate of drug-likeness (QED) is 0.869. The van der Waals surface area contributed by atoms with E-state index in [-0.39, 0.29) is 11.7 Å². The van der Waals surface area contributed by atoms with Gasteiger partial charge in [0.15, 0.2) is 0 Å². The van der Waals surface area contributed by atoms with Crippen molar-refractivity contribution in [2.24, 2.45) is 0 Å². The topological polar surface area (TPSA) is 47.6 Å². The van der Waals surface area contributed by atoms with Gasteiger partial charge in [-0.05, 0) is 18.1 Å². The van der Waals surface area contributed by atoms with Crippen molar-refractivity contribution in [2.45, 2.75) is 13.3 Å². The molecule has 0 saturated heterocycles. The highest BCUT2D eigenvalue weighted by atomic mass is 16.6. The number of rotatable bonds is 3. The second-order valence-corrected chi connectivity index (χ2v) is 3.67. The Hall–Kier alpha value is -1.97. The average molecular weight is 233 g/mol. The Kier molecular flexibility index (Phi) is 3.65. The van der Waals surface area contributed by atoms with Gasteiger partial charge in [-0.2, -0.15) is 0 Å². The lowest BCUT2D eigenvalue weighted by atomic mass is 10.1. The van der Waals surface area contributed by atoms with Crippen molar-refractivity contribution in [3.63, 3.8) is 0 Å². The summed E-state index contributed by atoms with van der Waals surface area (Å²) in [5.41, 5.74) is 1.91. The third-order valence-corrected chi connectivity index (χ3v) is 2.52. The molecule has 0 radical (unpaired) electrons. The maximum atomic E-state index is 11.9. The molecule has 0 aliphatic carbocycles. The highest BCUT2D eigenvalue weighted by molar-refractivity contribution is 6.02. The van der Waals surface area contributed by atoms with Crippen LogP contribution in [-0.2, 0) is 20.7 Å². The summed E-state index contributed by atoms with van der Waals surface area (Å²) in [6.45, 7) is 2.95. The van der Waals surface area contributed by atoms with Gasteiger partial charge in [0.2, 0.25) is 5.76 Å². The third kappa shape index (κ3) is 2.78. The fraction of sp³-hybridized carbons (Fsp3) is 0.308. The van der Waals surface area contributed by atoms with Gasteiger partial charge < -0.3 is 14.8 Å². The minimum atomic E-state index is -0.273. The molecule has 90 valence electrons. The zero-order valence-corrected chi connectivity index (χ0v) is 9.73. The molecule has 4 nitrogen and oxygen atoms in total. The van der Waals surface area contributed by atoms with Gasteiger partial charge in [-0.15, -0.1) is 0 Å². The van der Waals surface area contributed by atoms with Crippen LogP contribution in [0.3, 0.4) is 0 Å². The summed E-state index contributed by atoms with van der Waals surface area (Å²) >= 11 is 0. The molecule has 0 spiro atoms. The molecule has 17 heavy (non-hydrogen) atoms. The Morgan fingerprint density at radius 3 is 2.88 bits per heavy atom. The van der Waals surface area contributed by atoms with Crippen molar-refractivity contribution in [1.29, 1.82) is 0 Å². The molecule has 0 atom stereocenters. The molecule has 0 bridgehead atoms. The maximum absolute atomic E-state index is 11.9. The smallest absolute Gasteiger partial charge is 0.294 e. The third-order valence-electron chi connectivity index (χ3n) is 2.52. The lowest BCUT2D eigenvalue weighted by Gasteiger charge is -2.16. The van der Waals surface area contributed by atoms with Crippen molar-refractivity contribution in [1.82, 2.24) is 0 Å². The monoisotopic (exact) mass is 233 g/mol. The molecule has 1 amide bonds. The number of nitrogens with one attached hydrogen (secondary N) is 1. The predicted molar refractivity (Wildman–Crippen MR) is 64.4 cm³/mol. The summed E-state index contributed by atoms with van der Waals surface area (Å²) in [5, 5.41) is 2.82. The second kappa shape index (κ2) is 5.39. The highest BCUT2D eigenvalue weighted by Gasteiger charge is 2.15. The van der Waals surface area contributed by atoms with Crippen LogP contribution >= 0.6 is 0 Å². The lowest BCUT2D eigenvalue weighted by molar-refractivity contribution is -0.117. The van der Waals surface area contributed by atoms with Crippen LogP contribution in [0.5, 0.6) is 0 Å². The first kappa shape index (κ1) is 11.5. The number of ether oxygens (including phenoxy) is 2. The van der Waals surface area contributed by atoms with Crippen LogP contribution < -0.4 is 5.32 Å². The Morgan fingerprint density at radius 2 is 2.18 bits per heavy atom. The predicted octanol–water partition coefficient (Wildman–Crippen LogP) is 2.08. The summed E-state index contributed by atoms with van der Waals surface area (Å²) in [6, 6.07) is 7.71. The van der Waals surface area contributed by atoms with Gasteiger partial charge in [-0.1, -0.05) is 25.1 Å². The van der Waals surface area contributed by atoms with Crippen LogP contribution in [0.1, 0.15) is 12.5 Å². The molecule has 0 saturated carbocycles. The zero-order valence-electron chi connectivity index (χ0n) is 9.73. The largest absolute Gasteiger partial charge is 0.494 e. The van der Waals surface area contributed by atoms with E-state index in [1.807, 2.05) is 31.2 Å². The van der Waals surface area contributed by atoms with Crippen LogP contribution in [-0.4, -0.2) is 19.1 Å². The van der Waals surface area contributed by atoms with E-state index in [2.05, 4.69) is 5.32 Å². The molecule has 1 aliphatic heterocycles. The van der Waals surface area contributed by atoms with Gasteiger partial charge in [-0.25, -0.2) is 0 Å². The second-order valence-electron chi connectivity index (χ2n) is 3.67. The Bertz CT molecular complexity index is 440. The maximum Gasteiger partial charge on any atom is 0.294 e. The Balaban J connectivity index is 2.09. The summed E-state index contributed by atoms with van der Waals surface area (Å²) in [6.07, 6.45) is 2.22.